The minimum absolute atomic E-state index is 0.326. The van der Waals surface area contributed by atoms with Gasteiger partial charge in [-0.1, -0.05) is 0 Å². The highest BCUT2D eigenvalue weighted by atomic mass is 19.2. The summed E-state index contributed by atoms with van der Waals surface area (Å²) in [7, 11) is 0. The monoisotopic (exact) mass is 319 g/mol. The zero-order chi connectivity index (χ0) is 16.8. The Bertz CT molecular complexity index is 861. The standard InChI is InChI=1S/C17H16F3N3/c1-17(2,21)9-23-15-8-13(20)12(19)7-14(15)22-16(23)10-3-5-11(18)6-4-10/h3-8H,9,21H2,1-2H3. The molecule has 3 rings (SSSR count). The fourth-order valence-corrected chi connectivity index (χ4v) is 2.51. The molecule has 0 aliphatic rings. The Morgan fingerprint density at radius 2 is 1.65 bits per heavy atom. The van der Waals surface area contributed by atoms with Crippen LogP contribution in [0.25, 0.3) is 22.4 Å². The Morgan fingerprint density at radius 1 is 1.04 bits per heavy atom. The van der Waals surface area contributed by atoms with E-state index in [1.165, 1.54) is 12.1 Å². The second-order valence-electron chi connectivity index (χ2n) is 6.27. The number of benzene rings is 2. The van der Waals surface area contributed by atoms with Crippen molar-refractivity contribution in [3.63, 3.8) is 0 Å². The quantitative estimate of drug-likeness (QED) is 0.797. The zero-order valence-corrected chi connectivity index (χ0v) is 12.8. The second kappa shape index (κ2) is 5.38. The summed E-state index contributed by atoms with van der Waals surface area (Å²) in [5.74, 6) is -1.78. The number of nitrogens with two attached hydrogens (primary N) is 1. The first-order valence-corrected chi connectivity index (χ1v) is 7.15. The lowest BCUT2D eigenvalue weighted by Gasteiger charge is -2.21. The molecular formula is C17H16F3N3. The van der Waals surface area contributed by atoms with Gasteiger partial charge in [0.15, 0.2) is 11.6 Å². The topological polar surface area (TPSA) is 43.8 Å². The van der Waals surface area contributed by atoms with Gasteiger partial charge in [-0.05, 0) is 38.1 Å². The molecule has 0 atom stereocenters. The van der Waals surface area contributed by atoms with Gasteiger partial charge >= 0.3 is 0 Å². The van der Waals surface area contributed by atoms with E-state index in [1.807, 2.05) is 13.8 Å². The molecule has 0 spiro atoms. The van der Waals surface area contributed by atoms with Gasteiger partial charge in [0.2, 0.25) is 0 Å². The van der Waals surface area contributed by atoms with Crippen molar-refractivity contribution in [1.29, 1.82) is 0 Å². The van der Waals surface area contributed by atoms with E-state index >= 15 is 0 Å². The number of halogens is 3. The average Bonchev–Trinajstić information content (AvgIpc) is 2.77. The Morgan fingerprint density at radius 3 is 2.26 bits per heavy atom. The van der Waals surface area contributed by atoms with Gasteiger partial charge < -0.3 is 10.3 Å². The first-order valence-electron chi connectivity index (χ1n) is 7.15. The van der Waals surface area contributed by atoms with Crippen molar-refractivity contribution in [1.82, 2.24) is 9.55 Å². The summed E-state index contributed by atoms with van der Waals surface area (Å²) >= 11 is 0. The molecule has 2 N–H and O–H groups in total. The van der Waals surface area contributed by atoms with Crippen LogP contribution in [0.5, 0.6) is 0 Å². The molecule has 23 heavy (non-hydrogen) atoms. The number of rotatable bonds is 3. The van der Waals surface area contributed by atoms with E-state index in [0.29, 0.717) is 29.0 Å². The smallest absolute Gasteiger partial charge is 0.161 e. The lowest BCUT2D eigenvalue weighted by molar-refractivity contribution is 0.442. The third-order valence-electron chi connectivity index (χ3n) is 3.46. The van der Waals surface area contributed by atoms with Crippen molar-refractivity contribution in [2.75, 3.05) is 0 Å². The summed E-state index contributed by atoms with van der Waals surface area (Å²) in [6, 6.07) is 7.93. The van der Waals surface area contributed by atoms with Crippen LogP contribution in [0.15, 0.2) is 36.4 Å². The third-order valence-corrected chi connectivity index (χ3v) is 3.46. The lowest BCUT2D eigenvalue weighted by atomic mass is 10.1. The minimum Gasteiger partial charge on any atom is -0.324 e. The SMILES string of the molecule is CC(C)(N)Cn1c(-c2ccc(F)cc2)nc2cc(F)c(F)cc21. The van der Waals surface area contributed by atoms with E-state index < -0.39 is 17.2 Å². The van der Waals surface area contributed by atoms with Gasteiger partial charge in [0.05, 0.1) is 11.0 Å². The van der Waals surface area contributed by atoms with E-state index in [0.717, 1.165) is 12.1 Å². The van der Waals surface area contributed by atoms with Gasteiger partial charge in [-0.15, -0.1) is 0 Å². The minimum atomic E-state index is -0.959. The van der Waals surface area contributed by atoms with Crippen LogP contribution in [0.4, 0.5) is 13.2 Å². The molecule has 0 saturated heterocycles. The Labute approximate surface area is 131 Å². The molecule has 1 aromatic heterocycles. The maximum Gasteiger partial charge on any atom is 0.161 e. The molecule has 0 amide bonds. The summed E-state index contributed by atoms with van der Waals surface area (Å²) < 4.78 is 42.0. The first-order chi connectivity index (χ1) is 10.7. The normalized spacial score (nSPS) is 12.1. The predicted octanol–water partition coefficient (Wildman–Crippen LogP) is 3.86. The number of hydrogen-bond donors (Lipinski definition) is 1. The van der Waals surface area contributed by atoms with Crippen molar-refractivity contribution >= 4 is 11.0 Å². The molecule has 0 saturated carbocycles. The van der Waals surface area contributed by atoms with E-state index in [-0.39, 0.29) is 5.82 Å². The summed E-state index contributed by atoms with van der Waals surface area (Å²) in [5, 5.41) is 0. The first kappa shape index (κ1) is 15.6. The van der Waals surface area contributed by atoms with Gasteiger partial charge in [0.1, 0.15) is 11.6 Å². The summed E-state index contributed by atoms with van der Waals surface area (Å²) in [6.45, 7) is 4.00. The highest BCUT2D eigenvalue weighted by Gasteiger charge is 2.20. The van der Waals surface area contributed by atoms with Crippen molar-refractivity contribution in [2.24, 2.45) is 5.73 Å². The van der Waals surface area contributed by atoms with Crippen molar-refractivity contribution < 1.29 is 13.2 Å². The molecule has 0 bridgehead atoms. The van der Waals surface area contributed by atoms with Crippen molar-refractivity contribution in [2.45, 2.75) is 25.9 Å². The molecule has 0 fully saturated rings. The van der Waals surface area contributed by atoms with Crippen LogP contribution < -0.4 is 5.73 Å². The fraction of sp³-hybridized carbons (Fsp3) is 0.235. The Kier molecular flexibility index (Phi) is 3.64. The summed E-state index contributed by atoms with van der Waals surface area (Å²) in [5.41, 5.74) is 6.91. The molecule has 2 aromatic carbocycles. The lowest BCUT2D eigenvalue weighted by Crippen LogP contribution is -2.37. The number of fused-ring (bicyclic) bond motifs is 1. The molecule has 1 heterocycles. The van der Waals surface area contributed by atoms with Crippen LogP contribution in [0.3, 0.4) is 0 Å². The summed E-state index contributed by atoms with van der Waals surface area (Å²) in [6.07, 6.45) is 0. The molecule has 0 aliphatic carbocycles. The second-order valence-corrected chi connectivity index (χ2v) is 6.27. The molecule has 0 aliphatic heterocycles. The molecule has 3 aromatic rings. The van der Waals surface area contributed by atoms with Gasteiger partial charge in [0.25, 0.3) is 0 Å². The van der Waals surface area contributed by atoms with Crippen molar-refractivity contribution in [3.8, 4) is 11.4 Å². The predicted molar refractivity (Wildman–Crippen MR) is 83.3 cm³/mol. The molecule has 120 valence electrons. The average molecular weight is 319 g/mol. The molecule has 6 heteroatoms. The number of aromatic nitrogens is 2. The van der Waals surface area contributed by atoms with Gasteiger partial charge in [-0.25, -0.2) is 18.2 Å². The van der Waals surface area contributed by atoms with E-state index in [2.05, 4.69) is 4.98 Å². The van der Waals surface area contributed by atoms with Crippen molar-refractivity contribution in [3.05, 3.63) is 53.8 Å². The van der Waals surface area contributed by atoms with Crippen LogP contribution >= 0.6 is 0 Å². The fourth-order valence-electron chi connectivity index (χ4n) is 2.51. The zero-order valence-electron chi connectivity index (χ0n) is 12.8. The molecule has 0 unspecified atom stereocenters. The largest absolute Gasteiger partial charge is 0.324 e. The number of imidazole rings is 1. The van der Waals surface area contributed by atoms with Crippen LogP contribution in [-0.2, 0) is 6.54 Å². The third kappa shape index (κ3) is 3.07. The summed E-state index contributed by atoms with van der Waals surface area (Å²) in [4.78, 5) is 4.38. The van der Waals surface area contributed by atoms with E-state index in [4.69, 9.17) is 5.73 Å². The van der Waals surface area contributed by atoms with E-state index in [1.54, 1.807) is 16.7 Å². The molecule has 0 radical (unpaired) electrons. The Hall–Kier alpha value is -2.34. The van der Waals surface area contributed by atoms with Gasteiger partial charge in [-0.2, -0.15) is 0 Å². The highest BCUT2D eigenvalue weighted by Crippen LogP contribution is 2.28. The van der Waals surface area contributed by atoms with Gasteiger partial charge in [0, 0.05) is 29.8 Å². The van der Waals surface area contributed by atoms with Crippen LogP contribution in [-0.4, -0.2) is 15.1 Å². The highest BCUT2D eigenvalue weighted by molar-refractivity contribution is 5.81. The van der Waals surface area contributed by atoms with E-state index in [9.17, 15) is 13.2 Å². The molecular weight excluding hydrogens is 303 g/mol. The Balaban J connectivity index is 2.26. The maximum absolute atomic E-state index is 13.6. The maximum atomic E-state index is 13.6. The number of nitrogens with zero attached hydrogens (tertiary/aromatic N) is 2. The number of hydrogen-bond acceptors (Lipinski definition) is 2. The van der Waals surface area contributed by atoms with Crippen LogP contribution in [0.2, 0.25) is 0 Å². The molecule has 3 nitrogen and oxygen atoms in total. The van der Waals surface area contributed by atoms with Crippen LogP contribution in [0, 0.1) is 17.5 Å². The van der Waals surface area contributed by atoms with Crippen LogP contribution in [0.1, 0.15) is 13.8 Å². The van der Waals surface area contributed by atoms with Gasteiger partial charge in [-0.3, -0.25) is 0 Å².